The quantitative estimate of drug-likeness (QED) is 0.786. The summed E-state index contributed by atoms with van der Waals surface area (Å²) in [4.78, 5) is 14.5. The Balaban J connectivity index is 1.17. The summed E-state index contributed by atoms with van der Waals surface area (Å²) in [6.07, 6.45) is 8.81. The lowest BCUT2D eigenvalue weighted by molar-refractivity contribution is -0.121. The van der Waals surface area contributed by atoms with Crippen LogP contribution in [0.4, 0.5) is 0 Å². The maximum Gasteiger partial charge on any atom is 0.220 e. The number of carbonyl (C=O) groups is 1. The molecule has 5 heteroatoms. The van der Waals surface area contributed by atoms with E-state index in [0.29, 0.717) is 17.9 Å². The molecule has 2 heterocycles. The second-order valence-electron chi connectivity index (χ2n) is 9.72. The van der Waals surface area contributed by atoms with E-state index in [1.165, 1.54) is 18.5 Å². The van der Waals surface area contributed by atoms with Crippen LogP contribution >= 0.6 is 0 Å². The van der Waals surface area contributed by atoms with Gasteiger partial charge in [-0.25, -0.2) is 0 Å². The number of nitrogens with zero attached hydrogens (tertiary/aromatic N) is 3. The first kappa shape index (κ1) is 17.5. The lowest BCUT2D eigenvalue weighted by atomic mass is 9.49. The molecule has 2 atom stereocenters. The minimum absolute atomic E-state index is 0.177. The lowest BCUT2D eigenvalue weighted by Crippen LogP contribution is -2.50. The summed E-state index contributed by atoms with van der Waals surface area (Å²) in [6, 6.07) is 2.67. The second kappa shape index (κ2) is 6.47. The third kappa shape index (κ3) is 3.35. The largest absolute Gasteiger partial charge is 0.353 e. The van der Waals surface area contributed by atoms with Crippen LogP contribution in [0.2, 0.25) is 0 Å². The molecule has 0 saturated heterocycles. The normalized spacial score (nSPS) is 28.9. The van der Waals surface area contributed by atoms with Crippen LogP contribution < -0.4 is 5.32 Å². The van der Waals surface area contributed by atoms with Gasteiger partial charge in [-0.1, -0.05) is 25.5 Å². The Hall–Kier alpha value is -1.62. The van der Waals surface area contributed by atoms with Crippen molar-refractivity contribution in [1.82, 2.24) is 20.0 Å². The highest BCUT2D eigenvalue weighted by Gasteiger charge is 2.51. The number of rotatable bonds is 6. The number of aryl methyl sites for hydroxylation is 1. The van der Waals surface area contributed by atoms with Crippen LogP contribution in [0.15, 0.2) is 17.7 Å². The van der Waals surface area contributed by atoms with Crippen molar-refractivity contribution in [3.8, 4) is 0 Å². The van der Waals surface area contributed by atoms with E-state index >= 15 is 0 Å². The Kier molecular flexibility index (Phi) is 4.19. The zero-order chi connectivity index (χ0) is 18.6. The number of aromatic nitrogens is 2. The van der Waals surface area contributed by atoms with Crippen LogP contribution in [0.3, 0.4) is 0 Å². The first-order valence-corrected chi connectivity index (χ1v) is 10.8. The van der Waals surface area contributed by atoms with Crippen LogP contribution in [0.1, 0.15) is 57.3 Å². The first-order valence-electron chi connectivity index (χ1n) is 10.8. The topological polar surface area (TPSA) is 50.2 Å². The Labute approximate surface area is 162 Å². The van der Waals surface area contributed by atoms with Crippen molar-refractivity contribution in [1.29, 1.82) is 0 Å². The highest BCUT2D eigenvalue weighted by molar-refractivity contribution is 5.76. The van der Waals surface area contributed by atoms with Crippen LogP contribution in [0.25, 0.3) is 0 Å². The van der Waals surface area contributed by atoms with Crippen molar-refractivity contribution >= 4 is 5.91 Å². The predicted octanol–water partition coefficient (Wildman–Crippen LogP) is 2.90. The fraction of sp³-hybridized carbons (Fsp3) is 0.727. The van der Waals surface area contributed by atoms with Crippen LogP contribution in [0.5, 0.6) is 0 Å². The molecule has 0 unspecified atom stereocenters. The molecule has 2 fully saturated rings. The molecule has 1 N–H and O–H groups in total. The molecular formula is C22H32N4O. The smallest absolute Gasteiger partial charge is 0.220 e. The molecule has 1 aromatic heterocycles. The van der Waals surface area contributed by atoms with Gasteiger partial charge >= 0.3 is 0 Å². The molecular weight excluding hydrogens is 336 g/mol. The molecule has 0 radical (unpaired) electrons. The van der Waals surface area contributed by atoms with Crippen LogP contribution in [0, 0.1) is 17.3 Å². The van der Waals surface area contributed by atoms with Crippen molar-refractivity contribution in [2.24, 2.45) is 17.3 Å². The minimum atomic E-state index is 0.177. The van der Waals surface area contributed by atoms with E-state index in [0.717, 1.165) is 63.0 Å². The van der Waals surface area contributed by atoms with E-state index in [4.69, 9.17) is 5.10 Å². The zero-order valence-electron chi connectivity index (χ0n) is 16.7. The number of amides is 1. The first-order chi connectivity index (χ1) is 13.0. The van der Waals surface area contributed by atoms with Gasteiger partial charge in [0.25, 0.3) is 0 Å². The van der Waals surface area contributed by atoms with Gasteiger partial charge < -0.3 is 5.32 Å². The fourth-order valence-corrected chi connectivity index (χ4v) is 5.32. The molecule has 4 aliphatic carbocycles. The van der Waals surface area contributed by atoms with Crippen molar-refractivity contribution in [2.75, 3.05) is 13.1 Å². The molecule has 146 valence electrons. The van der Waals surface area contributed by atoms with Gasteiger partial charge in [0.15, 0.2) is 0 Å². The van der Waals surface area contributed by atoms with Gasteiger partial charge in [0, 0.05) is 38.5 Å². The SMILES string of the molecule is CC1(C)[C@H]2CC=C(CN3CCn4nc(CCC(=O)NC5CC5)cc4C3)[C@@H]1C2. The molecule has 2 saturated carbocycles. The number of hydrogen-bond donors (Lipinski definition) is 1. The van der Waals surface area contributed by atoms with Crippen molar-refractivity contribution in [3.05, 3.63) is 29.1 Å². The molecule has 5 nitrogen and oxygen atoms in total. The van der Waals surface area contributed by atoms with E-state index in [-0.39, 0.29) is 5.91 Å². The van der Waals surface area contributed by atoms with Gasteiger partial charge in [-0.2, -0.15) is 5.10 Å². The fourth-order valence-electron chi connectivity index (χ4n) is 5.32. The highest BCUT2D eigenvalue weighted by atomic mass is 16.1. The van der Waals surface area contributed by atoms with Crippen molar-refractivity contribution in [2.45, 2.75) is 71.5 Å². The minimum Gasteiger partial charge on any atom is -0.353 e. The third-order valence-corrected chi connectivity index (χ3v) is 7.47. The highest BCUT2D eigenvalue weighted by Crippen LogP contribution is 2.59. The summed E-state index contributed by atoms with van der Waals surface area (Å²) in [7, 11) is 0. The average molecular weight is 369 g/mol. The number of hydrogen-bond acceptors (Lipinski definition) is 3. The molecule has 1 aliphatic heterocycles. The summed E-state index contributed by atoms with van der Waals surface area (Å²) < 4.78 is 2.16. The van der Waals surface area contributed by atoms with Crippen LogP contribution in [-0.2, 0) is 24.3 Å². The Morgan fingerprint density at radius 3 is 2.93 bits per heavy atom. The standard InChI is InChI=1S/C22H32N4O/c1-22(2)16-4-3-15(20(22)11-16)13-25-9-10-26-19(14-25)12-18(24-26)7-8-21(27)23-17-5-6-17/h3,12,16-17,20H,4-11,13-14H2,1-2H3,(H,23,27)/t16-,20-/m0/s1. The van der Waals surface area contributed by atoms with E-state index in [1.54, 1.807) is 5.57 Å². The molecule has 1 aromatic rings. The van der Waals surface area contributed by atoms with Crippen molar-refractivity contribution < 1.29 is 4.79 Å². The Morgan fingerprint density at radius 1 is 1.33 bits per heavy atom. The number of nitrogens with one attached hydrogen (secondary N) is 1. The third-order valence-electron chi connectivity index (χ3n) is 7.47. The Bertz CT molecular complexity index is 773. The van der Waals surface area contributed by atoms with Gasteiger partial charge in [0.05, 0.1) is 17.9 Å². The van der Waals surface area contributed by atoms with E-state index in [1.807, 2.05) is 0 Å². The van der Waals surface area contributed by atoms with Crippen LogP contribution in [-0.4, -0.2) is 39.7 Å². The summed E-state index contributed by atoms with van der Waals surface area (Å²) in [5.74, 6) is 1.88. The summed E-state index contributed by atoms with van der Waals surface area (Å²) >= 11 is 0. The summed E-state index contributed by atoms with van der Waals surface area (Å²) in [5.41, 5.74) is 4.56. The second-order valence-corrected chi connectivity index (χ2v) is 9.72. The van der Waals surface area contributed by atoms with Gasteiger partial charge in [-0.3, -0.25) is 14.4 Å². The summed E-state index contributed by atoms with van der Waals surface area (Å²) in [5, 5.41) is 7.80. The van der Waals surface area contributed by atoms with Gasteiger partial charge in [0.2, 0.25) is 5.91 Å². The molecule has 27 heavy (non-hydrogen) atoms. The molecule has 0 spiro atoms. The van der Waals surface area contributed by atoms with E-state index < -0.39 is 0 Å². The van der Waals surface area contributed by atoms with E-state index in [9.17, 15) is 4.79 Å². The summed E-state index contributed by atoms with van der Waals surface area (Å²) in [6.45, 7) is 9.05. The molecule has 6 rings (SSSR count). The molecule has 0 aromatic carbocycles. The number of allylic oxidation sites excluding steroid dienone is 1. The van der Waals surface area contributed by atoms with Gasteiger partial charge in [-0.05, 0) is 49.0 Å². The predicted molar refractivity (Wildman–Crippen MR) is 105 cm³/mol. The maximum absolute atomic E-state index is 11.9. The number of carbonyl (C=O) groups excluding carboxylic acids is 1. The maximum atomic E-state index is 11.9. The molecule has 2 bridgehead atoms. The van der Waals surface area contributed by atoms with Gasteiger partial charge in [0.1, 0.15) is 0 Å². The zero-order valence-corrected chi connectivity index (χ0v) is 16.7. The average Bonchev–Trinajstić information content (AvgIpc) is 3.36. The number of fused-ring (bicyclic) bond motifs is 2. The lowest BCUT2D eigenvalue weighted by Gasteiger charge is -2.57. The van der Waals surface area contributed by atoms with Crippen molar-refractivity contribution in [3.63, 3.8) is 0 Å². The Morgan fingerprint density at radius 2 is 2.19 bits per heavy atom. The van der Waals surface area contributed by atoms with E-state index in [2.05, 4.69) is 40.9 Å². The van der Waals surface area contributed by atoms with Gasteiger partial charge in [-0.15, -0.1) is 0 Å². The molecule has 1 amide bonds. The molecule has 5 aliphatic rings. The monoisotopic (exact) mass is 368 g/mol.